The van der Waals surface area contributed by atoms with Gasteiger partial charge in [-0.1, -0.05) is 13.8 Å². The van der Waals surface area contributed by atoms with Crippen LogP contribution >= 0.6 is 0 Å². The third-order valence-electron chi connectivity index (χ3n) is 2.85. The fraction of sp³-hybridized carbons (Fsp3) is 0.833. The van der Waals surface area contributed by atoms with Crippen LogP contribution in [0.3, 0.4) is 0 Å². The lowest BCUT2D eigenvalue weighted by atomic mass is 10.0. The predicted octanol–water partition coefficient (Wildman–Crippen LogP) is -2.96. The van der Waals surface area contributed by atoms with Crippen LogP contribution in [0.25, 0.3) is 0 Å². The molecule has 0 bridgehead atoms. The average Bonchev–Trinajstić information content (AvgIpc) is 2.42. The minimum atomic E-state index is -2.14. The Kier molecular flexibility index (Phi) is 8.37. The Morgan fingerprint density at radius 1 is 1.05 bits per heavy atom. The first-order valence-electron chi connectivity index (χ1n) is 6.48. The highest BCUT2D eigenvalue weighted by Crippen LogP contribution is 2.08. The molecule has 0 saturated carbocycles. The minimum Gasteiger partial charge on any atom is -0.480 e. The van der Waals surface area contributed by atoms with Crippen LogP contribution in [0.1, 0.15) is 20.3 Å². The highest BCUT2D eigenvalue weighted by Gasteiger charge is 2.35. The van der Waals surface area contributed by atoms with Gasteiger partial charge < -0.3 is 36.0 Å². The molecule has 21 heavy (non-hydrogen) atoms. The van der Waals surface area contributed by atoms with E-state index in [-0.39, 0.29) is 12.3 Å². The summed E-state index contributed by atoms with van der Waals surface area (Å²) in [6.45, 7) is 2.61. The first kappa shape index (κ1) is 19.7. The van der Waals surface area contributed by atoms with Gasteiger partial charge in [0.25, 0.3) is 5.91 Å². The number of carboxylic acid groups (broad SMARTS) is 1. The predicted molar refractivity (Wildman–Crippen MR) is 70.1 cm³/mol. The Bertz CT molecular complexity index is 348. The zero-order valence-electron chi connectivity index (χ0n) is 11.9. The molecular weight excluding hydrogens is 286 g/mol. The second-order valence-electron chi connectivity index (χ2n) is 5.20. The molecule has 0 unspecified atom stereocenters. The van der Waals surface area contributed by atoms with E-state index in [9.17, 15) is 24.9 Å². The fourth-order valence-electron chi connectivity index (χ4n) is 1.63. The van der Waals surface area contributed by atoms with Crippen molar-refractivity contribution in [2.75, 3.05) is 6.61 Å². The summed E-state index contributed by atoms with van der Waals surface area (Å²) < 4.78 is 0. The number of aliphatic hydroxyl groups is 5. The Morgan fingerprint density at radius 3 is 1.95 bits per heavy atom. The molecular formula is C12H23NO8. The van der Waals surface area contributed by atoms with Crippen molar-refractivity contribution < 1.29 is 40.2 Å². The summed E-state index contributed by atoms with van der Waals surface area (Å²) in [6.07, 6.45) is -7.79. The highest BCUT2D eigenvalue weighted by molar-refractivity contribution is 5.86. The summed E-state index contributed by atoms with van der Waals surface area (Å²) in [5.41, 5.74) is 0. The number of aliphatic hydroxyl groups excluding tert-OH is 5. The highest BCUT2D eigenvalue weighted by atomic mass is 16.4. The van der Waals surface area contributed by atoms with Gasteiger partial charge in [-0.25, -0.2) is 4.79 Å². The number of hydrogen-bond acceptors (Lipinski definition) is 7. The van der Waals surface area contributed by atoms with Crippen LogP contribution in [-0.2, 0) is 9.59 Å². The van der Waals surface area contributed by atoms with Crippen LogP contribution in [0.4, 0.5) is 0 Å². The number of carbonyl (C=O) groups excluding carboxylic acids is 1. The zero-order chi connectivity index (χ0) is 16.7. The van der Waals surface area contributed by atoms with Crippen molar-refractivity contribution in [3.63, 3.8) is 0 Å². The monoisotopic (exact) mass is 309 g/mol. The minimum absolute atomic E-state index is 0.0322. The topological polar surface area (TPSA) is 168 Å². The van der Waals surface area contributed by atoms with E-state index >= 15 is 0 Å². The second kappa shape index (κ2) is 8.90. The van der Waals surface area contributed by atoms with E-state index in [1.807, 2.05) is 5.32 Å². The van der Waals surface area contributed by atoms with Crippen molar-refractivity contribution >= 4 is 11.9 Å². The van der Waals surface area contributed by atoms with Crippen LogP contribution < -0.4 is 5.32 Å². The van der Waals surface area contributed by atoms with E-state index in [0.717, 1.165) is 0 Å². The molecule has 9 heteroatoms. The van der Waals surface area contributed by atoms with E-state index in [0.29, 0.717) is 0 Å². The van der Waals surface area contributed by atoms with E-state index < -0.39 is 48.9 Å². The summed E-state index contributed by atoms with van der Waals surface area (Å²) >= 11 is 0. The first-order valence-corrected chi connectivity index (χ1v) is 6.48. The molecule has 0 heterocycles. The number of carboxylic acids is 1. The molecule has 0 aromatic rings. The molecule has 124 valence electrons. The largest absolute Gasteiger partial charge is 0.480 e. The van der Waals surface area contributed by atoms with Gasteiger partial charge in [-0.3, -0.25) is 4.79 Å². The van der Waals surface area contributed by atoms with Gasteiger partial charge in [-0.15, -0.1) is 0 Å². The van der Waals surface area contributed by atoms with Crippen molar-refractivity contribution in [1.82, 2.24) is 5.32 Å². The Balaban J connectivity index is 4.71. The molecule has 0 fully saturated rings. The summed E-state index contributed by atoms with van der Waals surface area (Å²) in [6, 6.07) is -1.25. The number of carbonyl (C=O) groups is 2. The molecule has 7 N–H and O–H groups in total. The summed E-state index contributed by atoms with van der Waals surface area (Å²) in [5.74, 6) is -2.52. The van der Waals surface area contributed by atoms with Gasteiger partial charge in [0, 0.05) is 0 Å². The summed E-state index contributed by atoms with van der Waals surface area (Å²) in [5, 5.41) is 57.2. The molecule has 0 radical (unpaired) electrons. The van der Waals surface area contributed by atoms with Crippen molar-refractivity contribution in [3.8, 4) is 0 Å². The van der Waals surface area contributed by atoms with Crippen LogP contribution in [-0.4, -0.2) is 79.6 Å². The van der Waals surface area contributed by atoms with E-state index in [1.54, 1.807) is 13.8 Å². The van der Waals surface area contributed by atoms with Crippen molar-refractivity contribution in [1.29, 1.82) is 0 Å². The van der Waals surface area contributed by atoms with E-state index in [2.05, 4.69) is 0 Å². The smallest absolute Gasteiger partial charge is 0.326 e. The maximum atomic E-state index is 11.7. The Labute approximate surface area is 121 Å². The van der Waals surface area contributed by atoms with Gasteiger partial charge in [0.1, 0.15) is 24.4 Å². The van der Waals surface area contributed by atoms with Crippen LogP contribution in [0.2, 0.25) is 0 Å². The lowest BCUT2D eigenvalue weighted by Gasteiger charge is -2.26. The number of nitrogens with one attached hydrogen (secondary N) is 1. The number of amides is 1. The van der Waals surface area contributed by atoms with E-state index in [4.69, 9.17) is 15.3 Å². The van der Waals surface area contributed by atoms with Gasteiger partial charge in [-0.2, -0.15) is 0 Å². The zero-order valence-corrected chi connectivity index (χ0v) is 11.9. The number of rotatable bonds is 9. The van der Waals surface area contributed by atoms with Crippen molar-refractivity contribution in [2.24, 2.45) is 5.92 Å². The first-order chi connectivity index (χ1) is 9.61. The molecule has 5 atom stereocenters. The van der Waals surface area contributed by atoms with Gasteiger partial charge in [0.15, 0.2) is 6.10 Å². The lowest BCUT2D eigenvalue weighted by molar-refractivity contribution is -0.153. The third kappa shape index (κ3) is 6.36. The maximum absolute atomic E-state index is 11.7. The molecule has 9 nitrogen and oxygen atoms in total. The molecule has 0 saturated heterocycles. The van der Waals surface area contributed by atoms with Gasteiger partial charge in [-0.05, 0) is 12.3 Å². The molecule has 0 rings (SSSR count). The second-order valence-corrected chi connectivity index (χ2v) is 5.20. The molecule has 0 aromatic heterocycles. The molecule has 0 aromatic carbocycles. The maximum Gasteiger partial charge on any atom is 0.326 e. The number of aliphatic carboxylic acids is 1. The SMILES string of the molecule is CC(C)C[C@H](NC(=O)[C@H](O)[C@H](O)[C@H](O)[C@@H](O)CO)C(=O)O. The lowest BCUT2D eigenvalue weighted by Crippen LogP contribution is -2.54. The Morgan fingerprint density at radius 2 is 1.57 bits per heavy atom. The van der Waals surface area contributed by atoms with Crippen molar-refractivity contribution in [2.45, 2.75) is 50.7 Å². The van der Waals surface area contributed by atoms with Gasteiger partial charge in [0.2, 0.25) is 0 Å². The molecule has 1 amide bonds. The molecule has 0 aliphatic heterocycles. The summed E-state index contributed by atoms with van der Waals surface area (Å²) in [4.78, 5) is 22.6. The molecule has 0 spiro atoms. The molecule has 0 aliphatic carbocycles. The standard InChI is InChI=1S/C12H23NO8/c1-5(2)3-6(12(20)21)13-11(19)10(18)9(17)8(16)7(15)4-14/h5-10,14-18H,3-4H2,1-2H3,(H,13,19)(H,20,21)/t6-,7-,8+,9+,10+/m0/s1. The van der Waals surface area contributed by atoms with Gasteiger partial charge in [0.05, 0.1) is 6.61 Å². The Hall–Kier alpha value is -1.26. The van der Waals surface area contributed by atoms with Crippen LogP contribution in [0, 0.1) is 5.92 Å². The van der Waals surface area contributed by atoms with Crippen LogP contribution in [0.15, 0.2) is 0 Å². The van der Waals surface area contributed by atoms with E-state index in [1.165, 1.54) is 0 Å². The van der Waals surface area contributed by atoms with Crippen molar-refractivity contribution in [3.05, 3.63) is 0 Å². The third-order valence-corrected chi connectivity index (χ3v) is 2.85. The van der Waals surface area contributed by atoms with Crippen LogP contribution in [0.5, 0.6) is 0 Å². The fourth-order valence-corrected chi connectivity index (χ4v) is 1.63. The summed E-state index contributed by atoms with van der Waals surface area (Å²) in [7, 11) is 0. The number of hydrogen-bond donors (Lipinski definition) is 7. The molecule has 0 aliphatic rings. The average molecular weight is 309 g/mol. The quantitative estimate of drug-likeness (QED) is 0.237. The normalized spacial score (nSPS) is 18.7. The van der Waals surface area contributed by atoms with Gasteiger partial charge >= 0.3 is 5.97 Å².